The van der Waals surface area contributed by atoms with Crippen molar-refractivity contribution in [3.05, 3.63) is 83.4 Å². The quantitative estimate of drug-likeness (QED) is 0.592. The first kappa shape index (κ1) is 23.1. The Bertz CT molecular complexity index is 1170. The van der Waals surface area contributed by atoms with Crippen molar-refractivity contribution in [3.8, 4) is 5.75 Å². The summed E-state index contributed by atoms with van der Waals surface area (Å²) in [5.41, 5.74) is 3.42. The van der Waals surface area contributed by atoms with Crippen LogP contribution in [0.3, 0.4) is 0 Å². The fourth-order valence-corrected chi connectivity index (χ4v) is 4.75. The minimum atomic E-state index is -0.0943. The lowest BCUT2D eigenvalue weighted by Crippen LogP contribution is -2.43. The lowest BCUT2D eigenvalue weighted by Gasteiger charge is -2.31. The first-order valence-corrected chi connectivity index (χ1v) is 12.0. The molecule has 3 heterocycles. The van der Waals surface area contributed by atoms with E-state index in [9.17, 15) is 9.59 Å². The van der Waals surface area contributed by atoms with E-state index in [1.54, 1.807) is 18.3 Å². The normalized spacial score (nSPS) is 18.1. The molecule has 0 aliphatic carbocycles. The number of hydrogen-bond donors (Lipinski definition) is 1. The molecule has 8 heteroatoms. The summed E-state index contributed by atoms with van der Waals surface area (Å²) in [6.45, 7) is 2.55. The van der Waals surface area contributed by atoms with Gasteiger partial charge in [-0.1, -0.05) is 42.5 Å². The maximum atomic E-state index is 13.2. The molecule has 35 heavy (non-hydrogen) atoms. The number of piperidine rings is 1. The molecule has 1 fully saturated rings. The number of benzene rings is 2. The van der Waals surface area contributed by atoms with Crippen LogP contribution in [0.4, 0.5) is 0 Å². The number of nitrogens with one attached hydrogen (secondary N) is 1. The molecule has 3 aromatic rings. The third kappa shape index (κ3) is 5.07. The highest BCUT2D eigenvalue weighted by atomic mass is 16.5. The molecular weight excluding hydrogens is 444 g/mol. The van der Waals surface area contributed by atoms with Gasteiger partial charge in [-0.2, -0.15) is 0 Å². The molecule has 182 valence electrons. The summed E-state index contributed by atoms with van der Waals surface area (Å²) in [5.74, 6) is 0.645. The molecule has 8 nitrogen and oxygen atoms in total. The third-order valence-corrected chi connectivity index (χ3v) is 6.88. The molecule has 1 saturated heterocycles. The largest absolute Gasteiger partial charge is 0.497 e. The zero-order chi connectivity index (χ0) is 24.2. The van der Waals surface area contributed by atoms with Crippen LogP contribution in [0, 0.1) is 5.92 Å². The Morgan fingerprint density at radius 2 is 1.83 bits per heavy atom. The summed E-state index contributed by atoms with van der Waals surface area (Å²) < 4.78 is 13.2. The second-order valence-electron chi connectivity index (χ2n) is 9.03. The van der Waals surface area contributed by atoms with Crippen molar-refractivity contribution >= 4 is 11.8 Å². The highest BCUT2D eigenvalue weighted by Crippen LogP contribution is 2.29. The van der Waals surface area contributed by atoms with Crippen molar-refractivity contribution in [1.82, 2.24) is 19.8 Å². The number of rotatable bonds is 6. The average Bonchev–Trinajstić information content (AvgIpc) is 3.35. The first-order chi connectivity index (χ1) is 17.1. The van der Waals surface area contributed by atoms with Gasteiger partial charge in [0.05, 0.1) is 32.3 Å². The van der Waals surface area contributed by atoms with Gasteiger partial charge in [-0.15, -0.1) is 0 Å². The van der Waals surface area contributed by atoms with E-state index < -0.39 is 0 Å². The number of amides is 2. The van der Waals surface area contributed by atoms with Crippen molar-refractivity contribution in [1.29, 1.82) is 0 Å². The molecule has 1 N–H and O–H groups in total. The Labute approximate surface area is 204 Å². The number of nitrogens with zero attached hydrogens (tertiary/aromatic N) is 3. The Morgan fingerprint density at radius 1 is 1.09 bits per heavy atom. The van der Waals surface area contributed by atoms with Crippen LogP contribution in [-0.2, 0) is 29.2 Å². The van der Waals surface area contributed by atoms with Crippen molar-refractivity contribution in [3.63, 3.8) is 0 Å². The van der Waals surface area contributed by atoms with E-state index in [-0.39, 0.29) is 23.8 Å². The molecule has 0 saturated carbocycles. The van der Waals surface area contributed by atoms with Crippen LogP contribution in [0.2, 0.25) is 0 Å². The van der Waals surface area contributed by atoms with Crippen LogP contribution in [-0.4, -0.2) is 46.5 Å². The predicted octanol–water partition coefficient (Wildman–Crippen LogP) is 3.33. The molecular formula is C27H30N4O4. The van der Waals surface area contributed by atoms with Gasteiger partial charge in [-0.3, -0.25) is 9.59 Å². The number of ether oxygens (including phenoxy) is 2. The fraction of sp³-hybridized carbons (Fsp3) is 0.370. The second kappa shape index (κ2) is 10.3. The number of methoxy groups -OCH3 is 1. The van der Waals surface area contributed by atoms with Crippen LogP contribution in [0.5, 0.6) is 5.75 Å². The Morgan fingerprint density at radius 3 is 2.54 bits per heavy atom. The van der Waals surface area contributed by atoms with Crippen LogP contribution in [0.1, 0.15) is 46.3 Å². The molecule has 2 aromatic carbocycles. The molecule has 1 aromatic heterocycles. The van der Waals surface area contributed by atoms with E-state index >= 15 is 0 Å². The number of carbonyl (C=O) groups is 2. The molecule has 0 radical (unpaired) electrons. The summed E-state index contributed by atoms with van der Waals surface area (Å²) in [6.07, 6.45) is 2.97. The van der Waals surface area contributed by atoms with Crippen molar-refractivity contribution in [2.75, 3.05) is 20.2 Å². The first-order valence-electron chi connectivity index (χ1n) is 12.0. The molecule has 1 atom stereocenters. The van der Waals surface area contributed by atoms with Gasteiger partial charge >= 0.3 is 0 Å². The van der Waals surface area contributed by atoms with Gasteiger partial charge in [0.2, 0.25) is 5.91 Å². The number of fused-ring (bicyclic) bond motifs is 1. The lowest BCUT2D eigenvalue weighted by molar-refractivity contribution is -0.126. The Hall–Kier alpha value is -3.65. The van der Waals surface area contributed by atoms with Crippen LogP contribution < -0.4 is 10.1 Å². The minimum absolute atomic E-state index is 0.0349. The molecule has 2 amide bonds. The number of carbonyl (C=O) groups excluding carboxylic acids is 2. The molecule has 5 rings (SSSR count). The molecule has 2 aliphatic heterocycles. The predicted molar refractivity (Wildman–Crippen MR) is 130 cm³/mol. The van der Waals surface area contributed by atoms with Gasteiger partial charge in [0, 0.05) is 25.6 Å². The molecule has 1 unspecified atom stereocenters. The highest BCUT2D eigenvalue weighted by Gasteiger charge is 2.32. The summed E-state index contributed by atoms with van der Waals surface area (Å²) in [7, 11) is 1.63. The van der Waals surface area contributed by atoms with Crippen LogP contribution in [0.15, 0.2) is 60.9 Å². The SMILES string of the molecule is COc1ccc(CNC(=O)C2CCN(C(=O)c3ncn4c3COC(c3ccccc3)C4)CC2)cc1. The van der Waals surface area contributed by atoms with Crippen LogP contribution in [0.25, 0.3) is 0 Å². The van der Waals surface area contributed by atoms with Crippen LogP contribution >= 0.6 is 0 Å². The Balaban J connectivity index is 1.13. The zero-order valence-electron chi connectivity index (χ0n) is 19.9. The fourth-order valence-electron chi connectivity index (χ4n) is 4.75. The lowest BCUT2D eigenvalue weighted by atomic mass is 9.95. The van der Waals surface area contributed by atoms with E-state index in [0.29, 0.717) is 51.3 Å². The van der Waals surface area contributed by atoms with Crippen molar-refractivity contribution in [2.24, 2.45) is 5.92 Å². The maximum Gasteiger partial charge on any atom is 0.274 e. The van der Waals surface area contributed by atoms with Gasteiger partial charge in [-0.05, 0) is 36.1 Å². The second-order valence-corrected chi connectivity index (χ2v) is 9.03. The van der Waals surface area contributed by atoms with E-state index in [0.717, 1.165) is 22.6 Å². The maximum absolute atomic E-state index is 13.2. The zero-order valence-corrected chi connectivity index (χ0v) is 19.9. The third-order valence-electron chi connectivity index (χ3n) is 6.88. The molecule has 2 aliphatic rings. The van der Waals surface area contributed by atoms with Gasteiger partial charge in [0.1, 0.15) is 11.9 Å². The number of likely N-dealkylation sites (tertiary alicyclic amines) is 1. The summed E-state index contributed by atoms with van der Waals surface area (Å²) in [6, 6.07) is 17.7. The van der Waals surface area contributed by atoms with Gasteiger partial charge in [0.25, 0.3) is 5.91 Å². The molecule has 0 spiro atoms. The van der Waals surface area contributed by atoms with Crippen molar-refractivity contribution < 1.29 is 19.1 Å². The smallest absolute Gasteiger partial charge is 0.274 e. The topological polar surface area (TPSA) is 85.7 Å². The number of imidazole rings is 1. The number of hydrogen-bond acceptors (Lipinski definition) is 5. The Kier molecular flexibility index (Phi) is 6.81. The van der Waals surface area contributed by atoms with E-state index in [1.807, 2.05) is 47.0 Å². The summed E-state index contributed by atoms with van der Waals surface area (Å²) >= 11 is 0. The van der Waals surface area contributed by atoms with Gasteiger partial charge in [0.15, 0.2) is 5.69 Å². The van der Waals surface area contributed by atoms with Gasteiger partial charge < -0.3 is 24.3 Å². The number of aromatic nitrogens is 2. The van der Waals surface area contributed by atoms with Gasteiger partial charge in [-0.25, -0.2) is 4.98 Å². The standard InChI is InChI=1S/C27H30N4O4/c1-34-22-9-7-19(8-10-22)15-28-26(32)21-11-13-30(14-12-21)27(33)25-23-17-35-24(16-31(23)18-29-25)20-5-3-2-4-6-20/h2-10,18,21,24H,11-17H2,1H3,(H,28,32). The minimum Gasteiger partial charge on any atom is -0.497 e. The molecule has 0 bridgehead atoms. The highest BCUT2D eigenvalue weighted by molar-refractivity contribution is 5.93. The van der Waals surface area contributed by atoms with E-state index in [1.165, 1.54) is 0 Å². The van der Waals surface area contributed by atoms with E-state index in [4.69, 9.17) is 9.47 Å². The summed E-state index contributed by atoms with van der Waals surface area (Å²) in [5, 5.41) is 3.02. The average molecular weight is 475 g/mol. The van der Waals surface area contributed by atoms with Crippen molar-refractivity contribution in [2.45, 2.75) is 38.6 Å². The van der Waals surface area contributed by atoms with E-state index in [2.05, 4.69) is 22.4 Å². The summed E-state index contributed by atoms with van der Waals surface area (Å²) in [4.78, 5) is 32.1. The monoisotopic (exact) mass is 474 g/mol.